The smallest absolute Gasteiger partial charge is 0.348 e. The molecule has 1 fully saturated rings. The number of carboxylic acid groups (broad SMARTS) is 1. The Morgan fingerprint density at radius 3 is 1.78 bits per heavy atom. The molecule has 1 aliphatic carbocycles. The third-order valence-corrected chi connectivity index (χ3v) is 5.62. The SMILES string of the molecule is O=C(C=Cc1ccc(O)c(O)c1)O[C@@H]1C[C@@](OC(=O)C=Cc2ccc(O)c(O)c2)(C(=O)O)C[C@@H](O)[C@H]1O. The van der Waals surface area contributed by atoms with E-state index in [-0.39, 0.29) is 17.1 Å². The molecule has 2 aromatic carbocycles. The molecule has 0 spiro atoms. The molecule has 0 saturated heterocycles. The first-order valence-corrected chi connectivity index (χ1v) is 10.8. The maximum Gasteiger partial charge on any atom is 0.348 e. The van der Waals surface area contributed by atoms with E-state index in [0.717, 1.165) is 18.2 Å². The summed E-state index contributed by atoms with van der Waals surface area (Å²) in [7, 11) is 0. The molecule has 0 heterocycles. The molecule has 0 aromatic heterocycles. The lowest BCUT2D eigenvalue weighted by Gasteiger charge is -2.41. The second-order valence-corrected chi connectivity index (χ2v) is 8.33. The predicted octanol–water partition coefficient (Wildman–Crippen LogP) is 1.03. The van der Waals surface area contributed by atoms with Gasteiger partial charge >= 0.3 is 17.9 Å². The Bertz CT molecular complexity index is 1250. The minimum Gasteiger partial charge on any atom is -0.504 e. The van der Waals surface area contributed by atoms with Crippen LogP contribution in [0.25, 0.3) is 12.2 Å². The number of phenolic OH excluding ortho intramolecular Hbond substituents is 4. The average molecular weight is 516 g/mol. The number of hydrogen-bond acceptors (Lipinski definition) is 11. The van der Waals surface area contributed by atoms with Gasteiger partial charge in [0.05, 0.1) is 6.10 Å². The molecular weight excluding hydrogens is 492 g/mol. The maximum absolute atomic E-state index is 12.4. The van der Waals surface area contributed by atoms with Gasteiger partial charge in [0.15, 0.2) is 23.0 Å². The van der Waals surface area contributed by atoms with Crippen LogP contribution in [0.3, 0.4) is 0 Å². The molecule has 2 aromatic rings. The summed E-state index contributed by atoms with van der Waals surface area (Å²) in [6.07, 6.45) is -2.09. The van der Waals surface area contributed by atoms with Gasteiger partial charge in [-0.2, -0.15) is 0 Å². The number of carboxylic acids is 1. The average Bonchev–Trinajstić information content (AvgIpc) is 2.83. The highest BCUT2D eigenvalue weighted by molar-refractivity contribution is 5.91. The van der Waals surface area contributed by atoms with Gasteiger partial charge < -0.3 is 45.2 Å². The van der Waals surface area contributed by atoms with Crippen LogP contribution in [0.4, 0.5) is 0 Å². The van der Waals surface area contributed by atoms with Gasteiger partial charge in [0.1, 0.15) is 12.2 Å². The summed E-state index contributed by atoms with van der Waals surface area (Å²) in [6, 6.07) is 7.44. The number of aromatic hydroxyl groups is 4. The summed E-state index contributed by atoms with van der Waals surface area (Å²) in [5.41, 5.74) is -1.73. The van der Waals surface area contributed by atoms with E-state index in [9.17, 15) is 50.1 Å². The van der Waals surface area contributed by atoms with Crippen LogP contribution in [-0.2, 0) is 23.9 Å². The summed E-state index contributed by atoms with van der Waals surface area (Å²) < 4.78 is 10.2. The van der Waals surface area contributed by atoms with Crippen LogP contribution in [0.2, 0.25) is 0 Å². The van der Waals surface area contributed by atoms with E-state index in [1.807, 2.05) is 0 Å². The fourth-order valence-electron chi connectivity index (χ4n) is 3.68. The zero-order valence-corrected chi connectivity index (χ0v) is 19.1. The van der Waals surface area contributed by atoms with Crippen molar-refractivity contribution in [2.45, 2.75) is 36.8 Å². The molecule has 1 aliphatic rings. The van der Waals surface area contributed by atoms with Gasteiger partial charge in [-0.25, -0.2) is 14.4 Å². The predicted molar refractivity (Wildman–Crippen MR) is 125 cm³/mol. The number of carbonyl (C=O) groups is 3. The van der Waals surface area contributed by atoms with Crippen LogP contribution in [0.5, 0.6) is 23.0 Å². The molecule has 196 valence electrons. The number of carbonyl (C=O) groups excluding carboxylic acids is 2. The van der Waals surface area contributed by atoms with Crippen molar-refractivity contribution in [2.24, 2.45) is 0 Å². The van der Waals surface area contributed by atoms with E-state index < -0.39 is 66.2 Å². The fraction of sp³-hybridized carbons (Fsp3) is 0.240. The molecule has 4 atom stereocenters. The van der Waals surface area contributed by atoms with Crippen LogP contribution in [0, 0.1) is 0 Å². The molecule has 1 saturated carbocycles. The van der Waals surface area contributed by atoms with Gasteiger partial charge in [-0.15, -0.1) is 0 Å². The number of ether oxygens (including phenoxy) is 2. The van der Waals surface area contributed by atoms with Crippen molar-refractivity contribution in [3.8, 4) is 23.0 Å². The van der Waals surface area contributed by atoms with Crippen molar-refractivity contribution in [1.82, 2.24) is 0 Å². The van der Waals surface area contributed by atoms with Gasteiger partial charge in [-0.05, 0) is 47.5 Å². The van der Waals surface area contributed by atoms with Crippen LogP contribution >= 0.6 is 0 Å². The summed E-state index contributed by atoms with van der Waals surface area (Å²) in [5, 5.41) is 68.0. The van der Waals surface area contributed by atoms with Crippen LogP contribution < -0.4 is 0 Å². The van der Waals surface area contributed by atoms with Crippen LogP contribution in [0.15, 0.2) is 48.6 Å². The molecule has 3 rings (SSSR count). The van der Waals surface area contributed by atoms with E-state index in [1.54, 1.807) is 0 Å². The van der Waals surface area contributed by atoms with Gasteiger partial charge in [0, 0.05) is 25.0 Å². The third-order valence-electron chi connectivity index (χ3n) is 5.62. The van der Waals surface area contributed by atoms with Crippen LogP contribution in [-0.4, -0.2) is 77.6 Å². The van der Waals surface area contributed by atoms with Crippen molar-refractivity contribution in [3.63, 3.8) is 0 Å². The Morgan fingerprint density at radius 2 is 1.30 bits per heavy atom. The quantitative estimate of drug-likeness (QED) is 0.156. The van der Waals surface area contributed by atoms with E-state index in [2.05, 4.69) is 0 Å². The lowest BCUT2D eigenvalue weighted by molar-refractivity contribution is -0.207. The topological polar surface area (TPSA) is 211 Å². The van der Waals surface area contributed by atoms with Gasteiger partial charge in [-0.1, -0.05) is 12.1 Å². The van der Waals surface area contributed by atoms with E-state index in [1.165, 1.54) is 42.5 Å². The zero-order valence-electron chi connectivity index (χ0n) is 19.1. The normalized spacial score (nSPS) is 23.7. The third kappa shape index (κ3) is 6.57. The number of esters is 2. The molecule has 12 heteroatoms. The molecule has 0 bridgehead atoms. The summed E-state index contributed by atoms with van der Waals surface area (Å²) in [6.45, 7) is 0. The highest BCUT2D eigenvalue weighted by Gasteiger charge is 2.54. The molecular formula is C25H24O12. The number of aliphatic hydroxyl groups is 2. The maximum atomic E-state index is 12.4. The summed E-state index contributed by atoms with van der Waals surface area (Å²) >= 11 is 0. The second kappa shape index (κ2) is 11.0. The van der Waals surface area contributed by atoms with Crippen LogP contribution in [0.1, 0.15) is 24.0 Å². The molecule has 0 unspecified atom stereocenters. The van der Waals surface area contributed by atoms with Crippen molar-refractivity contribution >= 4 is 30.1 Å². The summed E-state index contributed by atoms with van der Waals surface area (Å²) in [5.74, 6) is -5.41. The number of aliphatic carboxylic acids is 1. The molecule has 0 radical (unpaired) electrons. The number of hydrogen-bond donors (Lipinski definition) is 7. The number of rotatable bonds is 7. The molecule has 0 amide bonds. The highest BCUT2D eigenvalue weighted by Crippen LogP contribution is 2.35. The van der Waals surface area contributed by atoms with Gasteiger partial charge in [0.2, 0.25) is 5.60 Å². The van der Waals surface area contributed by atoms with Crippen molar-refractivity contribution in [1.29, 1.82) is 0 Å². The first-order chi connectivity index (χ1) is 17.4. The zero-order chi connectivity index (χ0) is 27.3. The van der Waals surface area contributed by atoms with Crippen molar-refractivity contribution < 1.29 is 59.6 Å². The fourth-order valence-corrected chi connectivity index (χ4v) is 3.68. The van der Waals surface area contributed by atoms with Crippen molar-refractivity contribution in [2.75, 3.05) is 0 Å². The Labute approximate surface area is 209 Å². The van der Waals surface area contributed by atoms with E-state index in [0.29, 0.717) is 5.56 Å². The van der Waals surface area contributed by atoms with Gasteiger partial charge in [0.25, 0.3) is 0 Å². The van der Waals surface area contributed by atoms with E-state index in [4.69, 9.17) is 9.47 Å². The molecule has 7 N–H and O–H groups in total. The molecule has 0 aliphatic heterocycles. The van der Waals surface area contributed by atoms with Crippen molar-refractivity contribution in [3.05, 3.63) is 59.7 Å². The number of phenols is 4. The summed E-state index contributed by atoms with van der Waals surface area (Å²) in [4.78, 5) is 36.7. The Morgan fingerprint density at radius 1 is 0.784 bits per heavy atom. The Kier molecular flexibility index (Phi) is 8.05. The molecule has 37 heavy (non-hydrogen) atoms. The standard InChI is InChI=1S/C25H24O12/c26-15-5-1-13(9-17(15)28)3-7-21(31)36-20-12-25(24(34)35,11-19(30)23(20)33)37-22(32)8-4-14-2-6-16(27)18(29)10-14/h1-10,19-20,23,26-30,33H,11-12H2,(H,34,35)/t19-,20-,23-,25-/m1/s1. The monoisotopic (exact) mass is 516 g/mol. The Balaban J connectivity index is 1.73. The minimum atomic E-state index is -2.34. The van der Waals surface area contributed by atoms with Gasteiger partial charge in [-0.3, -0.25) is 0 Å². The largest absolute Gasteiger partial charge is 0.504 e. The minimum absolute atomic E-state index is 0.288. The second-order valence-electron chi connectivity index (χ2n) is 8.33. The molecule has 12 nitrogen and oxygen atoms in total. The lowest BCUT2D eigenvalue weighted by atomic mass is 9.79. The van der Waals surface area contributed by atoms with E-state index >= 15 is 0 Å². The lowest BCUT2D eigenvalue weighted by Crippen LogP contribution is -2.58. The highest BCUT2D eigenvalue weighted by atomic mass is 16.6. The Hall–Kier alpha value is -4.55. The number of benzene rings is 2. The first-order valence-electron chi connectivity index (χ1n) is 10.8. The first kappa shape index (κ1) is 27.0. The number of aliphatic hydroxyl groups excluding tert-OH is 2.